The molecule has 14 heavy (non-hydrogen) atoms. The Hall–Kier alpha value is -0.710. The van der Waals surface area contributed by atoms with Crippen LogP contribution in [0.5, 0.6) is 0 Å². The Bertz CT molecular complexity index is 332. The van der Waals surface area contributed by atoms with E-state index in [1.54, 1.807) is 0 Å². The maximum Gasteiger partial charge on any atom is 0.124 e. The van der Waals surface area contributed by atoms with Crippen molar-refractivity contribution >= 4 is 15.9 Å². The van der Waals surface area contributed by atoms with Gasteiger partial charge < -0.3 is 0 Å². The molecule has 0 fully saturated rings. The zero-order chi connectivity index (χ0) is 10.7. The molecule has 1 aromatic carbocycles. The first kappa shape index (κ1) is 11.4. The van der Waals surface area contributed by atoms with Crippen molar-refractivity contribution in [2.45, 2.75) is 13.0 Å². The van der Waals surface area contributed by atoms with Crippen molar-refractivity contribution < 1.29 is 4.39 Å². The minimum Gasteiger partial charge on any atom is -0.271 e. The molecule has 0 radical (unpaired) electrons. The molecule has 1 atom stereocenters. The van der Waals surface area contributed by atoms with E-state index in [9.17, 15) is 4.39 Å². The van der Waals surface area contributed by atoms with Crippen molar-refractivity contribution in [1.29, 1.82) is 0 Å². The molecule has 0 bridgehead atoms. The molecule has 0 aliphatic carbocycles. The number of nitrogens with one attached hydrogen (secondary N) is 1. The first-order valence-corrected chi connectivity index (χ1v) is 4.91. The average molecular weight is 259 g/mol. The van der Waals surface area contributed by atoms with E-state index >= 15 is 0 Å². The average Bonchev–Trinajstić information content (AvgIpc) is 2.02. The van der Waals surface area contributed by atoms with E-state index in [1.807, 2.05) is 13.0 Å². The molecular weight excluding hydrogens is 247 g/mol. The molecule has 0 amide bonds. The largest absolute Gasteiger partial charge is 0.271 e. The maximum atomic E-state index is 13.1. The van der Waals surface area contributed by atoms with Gasteiger partial charge in [-0.3, -0.25) is 5.84 Å². The van der Waals surface area contributed by atoms with E-state index in [4.69, 9.17) is 5.84 Å². The molecule has 4 heteroatoms. The van der Waals surface area contributed by atoms with E-state index in [1.165, 1.54) is 12.1 Å². The van der Waals surface area contributed by atoms with Crippen LogP contribution in [0.3, 0.4) is 0 Å². The third kappa shape index (κ3) is 2.64. The van der Waals surface area contributed by atoms with E-state index in [2.05, 4.69) is 27.9 Å². The number of hydrogen-bond donors (Lipinski definition) is 2. The lowest BCUT2D eigenvalue weighted by Gasteiger charge is -2.16. The number of rotatable bonds is 3. The Morgan fingerprint density at radius 2 is 2.21 bits per heavy atom. The van der Waals surface area contributed by atoms with Gasteiger partial charge in [0.25, 0.3) is 0 Å². The lowest BCUT2D eigenvalue weighted by Crippen LogP contribution is -2.28. The lowest BCUT2D eigenvalue weighted by atomic mass is 10.0. The van der Waals surface area contributed by atoms with Crippen molar-refractivity contribution in [2.24, 2.45) is 5.84 Å². The Balaban J connectivity index is 3.10. The second-order valence-electron chi connectivity index (χ2n) is 3.15. The van der Waals surface area contributed by atoms with Gasteiger partial charge in [0.2, 0.25) is 0 Å². The smallest absolute Gasteiger partial charge is 0.124 e. The quantitative estimate of drug-likeness (QED) is 0.497. The topological polar surface area (TPSA) is 38.0 Å². The normalized spacial score (nSPS) is 12.6. The van der Waals surface area contributed by atoms with Gasteiger partial charge in [0.15, 0.2) is 0 Å². The van der Waals surface area contributed by atoms with Crippen molar-refractivity contribution in [3.63, 3.8) is 0 Å². The van der Waals surface area contributed by atoms with E-state index in [0.717, 1.165) is 11.1 Å². The standard InChI is InChI=1S/C10H12BrFN2/c1-6(2)10(14-13)7-3-8(11)5-9(12)4-7/h3-5,10,14H,1,13H2,2H3. The third-order valence-corrected chi connectivity index (χ3v) is 2.34. The molecule has 0 saturated carbocycles. The van der Waals surface area contributed by atoms with E-state index in [0.29, 0.717) is 4.47 Å². The summed E-state index contributed by atoms with van der Waals surface area (Å²) in [6.45, 7) is 5.62. The fourth-order valence-electron chi connectivity index (χ4n) is 1.26. The van der Waals surface area contributed by atoms with E-state index < -0.39 is 0 Å². The second kappa shape index (κ2) is 4.68. The lowest BCUT2D eigenvalue weighted by molar-refractivity contribution is 0.600. The fraction of sp³-hybridized carbons (Fsp3) is 0.200. The Labute approximate surface area is 91.1 Å². The van der Waals surface area contributed by atoms with Crippen molar-refractivity contribution in [3.05, 3.63) is 46.2 Å². The van der Waals surface area contributed by atoms with Gasteiger partial charge in [-0.15, -0.1) is 0 Å². The van der Waals surface area contributed by atoms with Gasteiger partial charge >= 0.3 is 0 Å². The third-order valence-electron chi connectivity index (χ3n) is 1.88. The SMILES string of the molecule is C=C(C)C(NN)c1cc(F)cc(Br)c1. The van der Waals surface area contributed by atoms with Gasteiger partial charge in [0, 0.05) is 4.47 Å². The molecule has 2 nitrogen and oxygen atoms in total. The van der Waals surface area contributed by atoms with Crippen LogP contribution in [-0.4, -0.2) is 0 Å². The maximum absolute atomic E-state index is 13.1. The zero-order valence-corrected chi connectivity index (χ0v) is 9.44. The van der Waals surface area contributed by atoms with Crippen LogP contribution in [0.1, 0.15) is 18.5 Å². The fourth-order valence-corrected chi connectivity index (χ4v) is 1.75. The number of benzene rings is 1. The first-order valence-electron chi connectivity index (χ1n) is 4.12. The predicted molar refractivity (Wildman–Crippen MR) is 59.0 cm³/mol. The highest BCUT2D eigenvalue weighted by Gasteiger charge is 2.11. The van der Waals surface area contributed by atoms with Crippen LogP contribution in [0, 0.1) is 5.82 Å². The molecule has 1 unspecified atom stereocenters. The molecule has 0 spiro atoms. The molecular formula is C10H12BrFN2. The molecule has 76 valence electrons. The van der Waals surface area contributed by atoms with Crippen LogP contribution < -0.4 is 11.3 Å². The molecule has 0 saturated heterocycles. The van der Waals surface area contributed by atoms with Gasteiger partial charge in [-0.2, -0.15) is 0 Å². The summed E-state index contributed by atoms with van der Waals surface area (Å²) in [5.41, 5.74) is 4.18. The summed E-state index contributed by atoms with van der Waals surface area (Å²) in [5, 5.41) is 0. The van der Waals surface area contributed by atoms with Crippen LogP contribution in [0.4, 0.5) is 4.39 Å². The van der Waals surface area contributed by atoms with Crippen molar-refractivity contribution in [2.75, 3.05) is 0 Å². The molecule has 0 aliphatic rings. The van der Waals surface area contributed by atoms with Crippen LogP contribution in [0.2, 0.25) is 0 Å². The number of halogens is 2. The molecule has 1 rings (SSSR count). The van der Waals surface area contributed by atoms with Crippen LogP contribution in [0.15, 0.2) is 34.8 Å². The minimum absolute atomic E-state index is 0.220. The van der Waals surface area contributed by atoms with Gasteiger partial charge in [0.05, 0.1) is 6.04 Å². The van der Waals surface area contributed by atoms with Crippen LogP contribution in [0.25, 0.3) is 0 Å². The zero-order valence-electron chi connectivity index (χ0n) is 7.85. The number of hydrazine groups is 1. The highest BCUT2D eigenvalue weighted by molar-refractivity contribution is 9.10. The Kier molecular flexibility index (Phi) is 3.80. The molecule has 0 heterocycles. The van der Waals surface area contributed by atoms with E-state index in [-0.39, 0.29) is 11.9 Å². The minimum atomic E-state index is -0.295. The van der Waals surface area contributed by atoms with Crippen LogP contribution >= 0.6 is 15.9 Å². The number of hydrogen-bond acceptors (Lipinski definition) is 2. The summed E-state index contributed by atoms with van der Waals surface area (Å²) in [5.74, 6) is 5.06. The first-order chi connectivity index (χ1) is 6.54. The Morgan fingerprint density at radius 1 is 1.57 bits per heavy atom. The highest BCUT2D eigenvalue weighted by Crippen LogP contribution is 2.23. The summed E-state index contributed by atoms with van der Waals surface area (Å²) in [7, 11) is 0. The summed E-state index contributed by atoms with van der Waals surface area (Å²) < 4.78 is 13.7. The van der Waals surface area contributed by atoms with Gasteiger partial charge in [-0.05, 0) is 30.7 Å². The van der Waals surface area contributed by atoms with Crippen molar-refractivity contribution in [3.8, 4) is 0 Å². The number of nitrogens with two attached hydrogens (primary N) is 1. The van der Waals surface area contributed by atoms with Crippen LogP contribution in [-0.2, 0) is 0 Å². The Morgan fingerprint density at radius 3 is 2.64 bits per heavy atom. The molecule has 0 aliphatic heterocycles. The molecule has 3 N–H and O–H groups in total. The summed E-state index contributed by atoms with van der Waals surface area (Å²) in [4.78, 5) is 0. The summed E-state index contributed by atoms with van der Waals surface area (Å²) >= 11 is 3.22. The second-order valence-corrected chi connectivity index (χ2v) is 4.06. The van der Waals surface area contributed by atoms with Gasteiger partial charge in [-0.25, -0.2) is 9.82 Å². The highest BCUT2D eigenvalue weighted by atomic mass is 79.9. The summed E-state index contributed by atoms with van der Waals surface area (Å²) in [6.07, 6.45) is 0. The summed E-state index contributed by atoms with van der Waals surface area (Å²) in [6, 6.07) is 4.42. The predicted octanol–water partition coefficient (Wildman–Crippen LogP) is 2.67. The van der Waals surface area contributed by atoms with Gasteiger partial charge in [-0.1, -0.05) is 28.1 Å². The van der Waals surface area contributed by atoms with Crippen molar-refractivity contribution in [1.82, 2.24) is 5.43 Å². The monoisotopic (exact) mass is 258 g/mol. The molecule has 0 aromatic heterocycles. The van der Waals surface area contributed by atoms with Gasteiger partial charge in [0.1, 0.15) is 5.82 Å². The molecule has 1 aromatic rings.